The van der Waals surface area contributed by atoms with Crippen molar-refractivity contribution in [2.45, 2.75) is 51.0 Å². The Labute approximate surface area is 176 Å². The van der Waals surface area contributed by atoms with Crippen LogP contribution in [0.1, 0.15) is 48.1 Å². The van der Waals surface area contributed by atoms with Gasteiger partial charge in [-0.25, -0.2) is 9.78 Å². The molecule has 2 unspecified atom stereocenters. The number of rotatable bonds is 3. The summed E-state index contributed by atoms with van der Waals surface area (Å²) in [5.41, 5.74) is 1.98. The molecule has 2 aliphatic rings. The Bertz CT molecular complexity index is 1020. The molecule has 0 spiro atoms. The summed E-state index contributed by atoms with van der Waals surface area (Å²) in [4.78, 5) is 18.7. The maximum atomic E-state index is 12.4. The highest BCUT2D eigenvalue weighted by Gasteiger charge is 2.42. The van der Waals surface area contributed by atoms with Crippen molar-refractivity contribution in [3.05, 3.63) is 41.3 Å². The number of imidazole rings is 1. The van der Waals surface area contributed by atoms with Crippen LogP contribution in [0, 0.1) is 11.8 Å². The van der Waals surface area contributed by atoms with Crippen LogP contribution in [0.5, 0.6) is 0 Å². The second-order valence-electron chi connectivity index (χ2n) is 7.92. The number of aliphatic hydroxyl groups excluding tert-OH is 1. The second kappa shape index (κ2) is 8.23. The van der Waals surface area contributed by atoms with Crippen LogP contribution in [0.4, 0.5) is 0 Å². The largest absolute Gasteiger partial charge is 0.460 e. The number of fused-ring (bicyclic) bond motifs is 1. The molecule has 0 bridgehead atoms. The van der Waals surface area contributed by atoms with Crippen LogP contribution in [-0.4, -0.2) is 62.7 Å². The Hall–Kier alpha value is -2.66. The number of likely N-dealkylation sites (tertiary alicyclic amines) is 1. The molecule has 7 nitrogen and oxygen atoms in total. The zero-order valence-electron chi connectivity index (χ0n) is 17.4. The molecule has 158 valence electrons. The minimum atomic E-state index is -1.44. The van der Waals surface area contributed by atoms with Crippen molar-refractivity contribution in [3.63, 3.8) is 0 Å². The Morgan fingerprint density at radius 1 is 1.37 bits per heavy atom. The number of aromatic nitrogens is 2. The summed E-state index contributed by atoms with van der Waals surface area (Å²) in [6.07, 6.45) is 2.32. The van der Waals surface area contributed by atoms with E-state index in [0.29, 0.717) is 25.4 Å². The molecular weight excluding hydrogens is 382 g/mol. The van der Waals surface area contributed by atoms with E-state index in [9.17, 15) is 15.0 Å². The van der Waals surface area contributed by atoms with Gasteiger partial charge in [0, 0.05) is 36.3 Å². The lowest BCUT2D eigenvalue weighted by Gasteiger charge is -2.22. The molecule has 2 aromatic rings. The van der Waals surface area contributed by atoms with E-state index in [1.807, 2.05) is 28.8 Å². The van der Waals surface area contributed by atoms with Gasteiger partial charge in [-0.15, -0.1) is 0 Å². The quantitative estimate of drug-likeness (QED) is 0.594. The molecule has 2 aliphatic heterocycles. The van der Waals surface area contributed by atoms with Crippen LogP contribution in [0.3, 0.4) is 0 Å². The molecular formula is C23H27N3O4. The lowest BCUT2D eigenvalue weighted by molar-refractivity contribution is -0.0633. The minimum absolute atomic E-state index is 0.311. The molecule has 0 amide bonds. The number of esters is 1. The molecule has 1 saturated heterocycles. The van der Waals surface area contributed by atoms with E-state index in [1.54, 1.807) is 18.9 Å². The SMILES string of the molecule is CCOC(=O)c1nc(-c2cccc(C#CC3(O)CCN(C)C3O)c2)c2n1CCCC2. The molecule has 0 saturated carbocycles. The maximum Gasteiger partial charge on any atom is 0.374 e. The average molecular weight is 409 g/mol. The average Bonchev–Trinajstić information content (AvgIpc) is 3.27. The third kappa shape index (κ3) is 3.74. The number of likely N-dealkylation sites (N-methyl/N-ethyl adjacent to an activating group) is 1. The predicted octanol–water partition coefficient (Wildman–Crippen LogP) is 1.80. The Morgan fingerprint density at radius 2 is 2.20 bits per heavy atom. The van der Waals surface area contributed by atoms with Crippen molar-refractivity contribution < 1.29 is 19.7 Å². The first-order chi connectivity index (χ1) is 14.4. The van der Waals surface area contributed by atoms with Crippen LogP contribution >= 0.6 is 0 Å². The van der Waals surface area contributed by atoms with Crippen LogP contribution in [0.25, 0.3) is 11.3 Å². The molecule has 3 heterocycles. The second-order valence-corrected chi connectivity index (χ2v) is 7.92. The van der Waals surface area contributed by atoms with Crippen molar-refractivity contribution in [1.82, 2.24) is 14.5 Å². The molecule has 2 N–H and O–H groups in total. The van der Waals surface area contributed by atoms with Gasteiger partial charge in [-0.3, -0.25) is 4.90 Å². The van der Waals surface area contributed by atoms with Gasteiger partial charge in [-0.2, -0.15) is 0 Å². The molecule has 1 aromatic heterocycles. The highest BCUT2D eigenvalue weighted by atomic mass is 16.5. The van der Waals surface area contributed by atoms with Gasteiger partial charge >= 0.3 is 5.97 Å². The molecule has 0 radical (unpaired) electrons. The van der Waals surface area contributed by atoms with E-state index < -0.39 is 17.8 Å². The third-order valence-electron chi connectivity index (χ3n) is 5.83. The van der Waals surface area contributed by atoms with Gasteiger partial charge in [-0.1, -0.05) is 24.0 Å². The van der Waals surface area contributed by atoms with E-state index in [0.717, 1.165) is 48.3 Å². The normalized spacial score (nSPS) is 23.5. The molecule has 30 heavy (non-hydrogen) atoms. The summed E-state index contributed by atoms with van der Waals surface area (Å²) in [6.45, 7) is 3.44. The summed E-state index contributed by atoms with van der Waals surface area (Å²) in [5.74, 6) is 5.81. The number of nitrogens with zero attached hydrogens (tertiary/aromatic N) is 3. The molecule has 0 aliphatic carbocycles. The van der Waals surface area contributed by atoms with Crippen LogP contribution in [0.2, 0.25) is 0 Å². The summed E-state index contributed by atoms with van der Waals surface area (Å²) in [5, 5.41) is 20.8. The zero-order valence-corrected chi connectivity index (χ0v) is 17.4. The lowest BCUT2D eigenvalue weighted by atomic mass is 10.00. The fraction of sp³-hybridized carbons (Fsp3) is 0.478. The number of carbonyl (C=O) groups is 1. The fourth-order valence-electron chi connectivity index (χ4n) is 4.14. The zero-order chi connectivity index (χ0) is 21.3. The van der Waals surface area contributed by atoms with Crippen molar-refractivity contribution in [3.8, 4) is 23.1 Å². The van der Waals surface area contributed by atoms with Crippen LogP contribution in [0.15, 0.2) is 24.3 Å². The van der Waals surface area contributed by atoms with E-state index in [1.165, 1.54) is 0 Å². The number of carbonyl (C=O) groups excluding carboxylic acids is 1. The van der Waals surface area contributed by atoms with Crippen molar-refractivity contribution in [2.75, 3.05) is 20.2 Å². The van der Waals surface area contributed by atoms with Crippen molar-refractivity contribution >= 4 is 5.97 Å². The van der Waals surface area contributed by atoms with Gasteiger partial charge in [0.25, 0.3) is 0 Å². The summed E-state index contributed by atoms with van der Waals surface area (Å²) < 4.78 is 7.17. The molecule has 7 heteroatoms. The Kier molecular flexibility index (Phi) is 5.65. The number of ether oxygens (including phenoxy) is 1. The number of hydrogen-bond donors (Lipinski definition) is 2. The molecule has 1 fully saturated rings. The van der Waals surface area contributed by atoms with Gasteiger partial charge in [0.15, 0.2) is 5.60 Å². The van der Waals surface area contributed by atoms with E-state index >= 15 is 0 Å². The summed E-state index contributed by atoms with van der Waals surface area (Å²) in [6, 6.07) is 7.61. The molecule has 2 atom stereocenters. The number of hydrogen-bond acceptors (Lipinski definition) is 6. The first-order valence-corrected chi connectivity index (χ1v) is 10.4. The van der Waals surface area contributed by atoms with Gasteiger partial charge in [-0.05, 0) is 45.4 Å². The Balaban J connectivity index is 1.69. The van der Waals surface area contributed by atoms with E-state index in [4.69, 9.17) is 4.74 Å². The highest BCUT2D eigenvalue weighted by molar-refractivity contribution is 5.87. The topological polar surface area (TPSA) is 87.8 Å². The number of aliphatic hydroxyl groups is 2. The minimum Gasteiger partial charge on any atom is -0.460 e. The molecule has 1 aromatic carbocycles. The standard InChI is InChI=1S/C23H27N3O4/c1-3-30-21(27)20-24-19(18-9-4-5-13-26(18)20)17-8-6-7-16(15-17)10-11-23(29)12-14-25(2)22(23)28/h6-8,15,22,28-29H,3-5,9,12-14H2,1-2H3. The van der Waals surface area contributed by atoms with Gasteiger partial charge in [0.2, 0.25) is 5.82 Å². The summed E-state index contributed by atoms with van der Waals surface area (Å²) >= 11 is 0. The monoisotopic (exact) mass is 409 g/mol. The Morgan fingerprint density at radius 3 is 2.93 bits per heavy atom. The fourth-order valence-corrected chi connectivity index (χ4v) is 4.14. The van der Waals surface area contributed by atoms with Gasteiger partial charge in [0.1, 0.15) is 6.23 Å². The van der Waals surface area contributed by atoms with Gasteiger partial charge in [0.05, 0.1) is 12.3 Å². The van der Waals surface area contributed by atoms with Crippen molar-refractivity contribution in [1.29, 1.82) is 0 Å². The van der Waals surface area contributed by atoms with Crippen LogP contribution < -0.4 is 0 Å². The summed E-state index contributed by atoms with van der Waals surface area (Å²) in [7, 11) is 1.76. The lowest BCUT2D eigenvalue weighted by Crippen LogP contribution is -2.42. The smallest absolute Gasteiger partial charge is 0.374 e. The first-order valence-electron chi connectivity index (χ1n) is 10.4. The van der Waals surface area contributed by atoms with Gasteiger partial charge < -0.3 is 19.5 Å². The first kappa shape index (κ1) is 20.6. The molecule has 4 rings (SSSR count). The maximum absolute atomic E-state index is 12.4. The predicted molar refractivity (Wildman–Crippen MR) is 112 cm³/mol. The van der Waals surface area contributed by atoms with E-state index in [-0.39, 0.29) is 0 Å². The van der Waals surface area contributed by atoms with E-state index in [2.05, 4.69) is 16.8 Å². The highest BCUT2D eigenvalue weighted by Crippen LogP contribution is 2.30. The number of benzene rings is 1. The van der Waals surface area contributed by atoms with Crippen LogP contribution in [-0.2, 0) is 17.7 Å². The third-order valence-corrected chi connectivity index (χ3v) is 5.83. The van der Waals surface area contributed by atoms with Crippen molar-refractivity contribution in [2.24, 2.45) is 0 Å².